The van der Waals surface area contributed by atoms with E-state index >= 15 is 0 Å². The van der Waals surface area contributed by atoms with E-state index in [2.05, 4.69) is 11.8 Å². The summed E-state index contributed by atoms with van der Waals surface area (Å²) in [5.41, 5.74) is 0. The summed E-state index contributed by atoms with van der Waals surface area (Å²) in [7, 11) is -3.43. The fraction of sp³-hybridized carbons (Fsp3) is 0.571. The molecule has 1 N–H and O–H groups in total. The van der Waals surface area contributed by atoms with Crippen LogP contribution in [0.2, 0.25) is 0 Å². The molecular weight excluding hydrogens is 292 g/mol. The number of nitrogens with zero attached hydrogens (tertiary/aromatic N) is 2. The number of hydrogen-bond donors (Lipinski definition) is 1. The number of ether oxygens (including phenoxy) is 1. The lowest BCUT2D eigenvalue weighted by Gasteiger charge is -2.33. The molecule has 2 rings (SSSR count). The molecule has 0 aromatic heterocycles. The topological polar surface area (TPSA) is 70.1 Å². The van der Waals surface area contributed by atoms with Gasteiger partial charge in [-0.2, -0.15) is 4.31 Å². The Morgan fingerprint density at radius 2 is 1.76 bits per heavy atom. The van der Waals surface area contributed by atoms with Gasteiger partial charge in [-0.05, 0) is 30.8 Å². The van der Waals surface area contributed by atoms with Crippen molar-refractivity contribution in [2.75, 3.05) is 45.9 Å². The van der Waals surface area contributed by atoms with Crippen LogP contribution in [-0.4, -0.2) is 68.7 Å². The van der Waals surface area contributed by atoms with Crippen LogP contribution in [0, 0.1) is 0 Å². The molecule has 0 spiro atoms. The van der Waals surface area contributed by atoms with Crippen LogP contribution in [-0.2, 0) is 10.0 Å². The lowest BCUT2D eigenvalue weighted by Crippen LogP contribution is -2.48. The lowest BCUT2D eigenvalue weighted by molar-refractivity contribution is 0.196. The number of piperazine rings is 1. The van der Waals surface area contributed by atoms with E-state index in [1.807, 2.05) is 0 Å². The van der Waals surface area contributed by atoms with Crippen LogP contribution in [0.5, 0.6) is 5.75 Å². The van der Waals surface area contributed by atoms with Gasteiger partial charge in [0.15, 0.2) is 0 Å². The molecule has 0 saturated carbocycles. The second-order valence-corrected chi connectivity index (χ2v) is 6.82. The molecule has 0 aliphatic carbocycles. The lowest BCUT2D eigenvalue weighted by atomic mass is 10.3. The average molecular weight is 314 g/mol. The summed E-state index contributed by atoms with van der Waals surface area (Å²) in [6.07, 6.45) is 0. The molecule has 1 aliphatic rings. The van der Waals surface area contributed by atoms with Gasteiger partial charge in [-0.1, -0.05) is 6.92 Å². The predicted molar refractivity (Wildman–Crippen MR) is 79.9 cm³/mol. The van der Waals surface area contributed by atoms with Crippen LogP contribution in [0.4, 0.5) is 0 Å². The first-order valence-corrected chi connectivity index (χ1v) is 8.58. The molecule has 0 bridgehead atoms. The maximum atomic E-state index is 12.5. The Bertz CT molecular complexity index is 537. The summed E-state index contributed by atoms with van der Waals surface area (Å²) in [6.45, 7) is 5.76. The minimum atomic E-state index is -3.43. The van der Waals surface area contributed by atoms with E-state index in [-0.39, 0.29) is 18.1 Å². The molecule has 0 amide bonds. The molecule has 6 nitrogen and oxygen atoms in total. The van der Waals surface area contributed by atoms with E-state index in [1.54, 1.807) is 24.3 Å². The van der Waals surface area contributed by atoms with Gasteiger partial charge >= 0.3 is 0 Å². The number of sulfonamides is 1. The van der Waals surface area contributed by atoms with Gasteiger partial charge in [0.05, 0.1) is 11.5 Å². The number of hydrogen-bond acceptors (Lipinski definition) is 5. The maximum absolute atomic E-state index is 12.5. The second-order valence-electron chi connectivity index (χ2n) is 4.88. The van der Waals surface area contributed by atoms with Crippen molar-refractivity contribution in [2.45, 2.75) is 11.8 Å². The van der Waals surface area contributed by atoms with Crippen molar-refractivity contribution < 1.29 is 18.3 Å². The molecule has 118 valence electrons. The second kappa shape index (κ2) is 7.22. The molecular formula is C14H22N2O4S. The standard InChI is InChI=1S/C14H22N2O4S/c1-2-15-7-9-16(10-8-15)21(18,19)14-5-3-13(4-6-14)20-12-11-17/h3-6,17H,2,7-12H2,1H3. The Kier molecular flexibility index (Phi) is 5.58. The van der Waals surface area contributed by atoms with E-state index in [0.29, 0.717) is 18.8 Å². The summed E-state index contributed by atoms with van der Waals surface area (Å²) in [5, 5.41) is 8.69. The van der Waals surface area contributed by atoms with E-state index < -0.39 is 10.0 Å². The maximum Gasteiger partial charge on any atom is 0.243 e. The van der Waals surface area contributed by atoms with Gasteiger partial charge in [-0.15, -0.1) is 0 Å². The van der Waals surface area contributed by atoms with E-state index in [9.17, 15) is 8.42 Å². The number of aliphatic hydroxyl groups is 1. The van der Waals surface area contributed by atoms with Crippen LogP contribution in [0.1, 0.15) is 6.92 Å². The molecule has 1 aromatic rings. The highest BCUT2D eigenvalue weighted by Crippen LogP contribution is 2.20. The molecule has 1 heterocycles. The summed E-state index contributed by atoms with van der Waals surface area (Å²) in [6, 6.07) is 6.33. The van der Waals surface area contributed by atoms with Crippen LogP contribution < -0.4 is 4.74 Å². The molecule has 0 unspecified atom stereocenters. The highest BCUT2D eigenvalue weighted by Gasteiger charge is 2.27. The highest BCUT2D eigenvalue weighted by molar-refractivity contribution is 7.89. The first-order valence-electron chi connectivity index (χ1n) is 7.14. The normalized spacial score (nSPS) is 17.8. The SMILES string of the molecule is CCN1CCN(S(=O)(=O)c2ccc(OCCO)cc2)CC1. The van der Waals surface area contributed by atoms with Crippen LogP contribution in [0.15, 0.2) is 29.2 Å². The minimum absolute atomic E-state index is 0.0677. The van der Waals surface area contributed by atoms with Gasteiger partial charge < -0.3 is 14.7 Å². The molecule has 7 heteroatoms. The molecule has 0 atom stereocenters. The fourth-order valence-corrected chi connectivity index (χ4v) is 3.73. The Hall–Kier alpha value is -1.15. The summed E-state index contributed by atoms with van der Waals surface area (Å²) in [4.78, 5) is 2.52. The average Bonchev–Trinajstić information content (AvgIpc) is 2.53. The van der Waals surface area contributed by atoms with Crippen LogP contribution in [0.25, 0.3) is 0 Å². The third-order valence-electron chi connectivity index (χ3n) is 3.60. The van der Waals surface area contributed by atoms with Crippen molar-refractivity contribution in [2.24, 2.45) is 0 Å². The van der Waals surface area contributed by atoms with Crippen molar-refractivity contribution in [3.05, 3.63) is 24.3 Å². The monoisotopic (exact) mass is 314 g/mol. The zero-order valence-electron chi connectivity index (χ0n) is 12.2. The third kappa shape index (κ3) is 3.94. The van der Waals surface area contributed by atoms with Crippen molar-refractivity contribution >= 4 is 10.0 Å². The van der Waals surface area contributed by atoms with Crippen molar-refractivity contribution in [3.8, 4) is 5.75 Å². The molecule has 1 aliphatic heterocycles. The molecule has 1 aromatic carbocycles. The smallest absolute Gasteiger partial charge is 0.243 e. The fourth-order valence-electron chi connectivity index (χ4n) is 2.31. The van der Waals surface area contributed by atoms with Crippen molar-refractivity contribution in [1.29, 1.82) is 0 Å². The first-order chi connectivity index (χ1) is 10.1. The van der Waals surface area contributed by atoms with E-state index in [4.69, 9.17) is 9.84 Å². The quantitative estimate of drug-likeness (QED) is 0.822. The van der Waals surface area contributed by atoms with Gasteiger partial charge in [0.2, 0.25) is 10.0 Å². The summed E-state index contributed by atoms with van der Waals surface area (Å²) < 4.78 is 31.8. The Morgan fingerprint density at radius 3 is 2.29 bits per heavy atom. The van der Waals surface area contributed by atoms with Gasteiger partial charge in [-0.25, -0.2) is 8.42 Å². The molecule has 1 saturated heterocycles. The molecule has 0 radical (unpaired) electrons. The number of benzene rings is 1. The third-order valence-corrected chi connectivity index (χ3v) is 5.51. The van der Waals surface area contributed by atoms with E-state index in [0.717, 1.165) is 19.6 Å². The van der Waals surface area contributed by atoms with Crippen molar-refractivity contribution in [3.63, 3.8) is 0 Å². The number of rotatable bonds is 6. The number of likely N-dealkylation sites (N-methyl/N-ethyl adjacent to an activating group) is 1. The van der Waals surface area contributed by atoms with Gasteiger partial charge in [-0.3, -0.25) is 0 Å². The van der Waals surface area contributed by atoms with Crippen LogP contribution in [0.3, 0.4) is 0 Å². The predicted octanol–water partition coefficient (Wildman–Crippen LogP) is 0.384. The Morgan fingerprint density at radius 1 is 1.14 bits per heavy atom. The Labute approximate surface area is 126 Å². The first kappa shape index (κ1) is 16.2. The molecule has 1 fully saturated rings. The zero-order chi connectivity index (χ0) is 15.3. The van der Waals surface area contributed by atoms with Gasteiger partial charge in [0.25, 0.3) is 0 Å². The largest absolute Gasteiger partial charge is 0.491 e. The summed E-state index contributed by atoms with van der Waals surface area (Å²) >= 11 is 0. The Balaban J connectivity index is 2.05. The van der Waals surface area contributed by atoms with Crippen molar-refractivity contribution in [1.82, 2.24) is 9.21 Å². The van der Waals surface area contributed by atoms with Gasteiger partial charge in [0, 0.05) is 26.2 Å². The number of aliphatic hydroxyl groups excluding tert-OH is 1. The van der Waals surface area contributed by atoms with E-state index in [1.165, 1.54) is 4.31 Å². The molecule has 21 heavy (non-hydrogen) atoms. The highest BCUT2D eigenvalue weighted by atomic mass is 32.2. The minimum Gasteiger partial charge on any atom is -0.491 e. The summed E-state index contributed by atoms with van der Waals surface area (Å²) in [5.74, 6) is 0.554. The van der Waals surface area contributed by atoms with Gasteiger partial charge in [0.1, 0.15) is 12.4 Å². The zero-order valence-corrected chi connectivity index (χ0v) is 13.1. The van der Waals surface area contributed by atoms with Crippen LogP contribution >= 0.6 is 0 Å².